The summed E-state index contributed by atoms with van der Waals surface area (Å²) in [6.45, 7) is 0. The zero-order chi connectivity index (χ0) is 15.4. The monoisotopic (exact) mass is 327 g/mol. The first kappa shape index (κ1) is 15.4. The molecule has 5 nitrogen and oxygen atoms in total. The van der Waals surface area contributed by atoms with Gasteiger partial charge in [0.05, 0.1) is 24.0 Å². The van der Waals surface area contributed by atoms with Crippen molar-refractivity contribution in [3.8, 4) is 17.2 Å². The van der Waals surface area contributed by atoms with Crippen LogP contribution in [0.1, 0.15) is 5.56 Å². The number of hydrogen-bond acceptors (Lipinski definition) is 4. The molecule has 0 atom stereocenters. The maximum absolute atomic E-state index is 11.0. The van der Waals surface area contributed by atoms with Gasteiger partial charge >= 0.3 is 5.69 Å². The van der Waals surface area contributed by atoms with Gasteiger partial charge in [0, 0.05) is 10.6 Å². The third-order valence-electron chi connectivity index (χ3n) is 2.74. The topological polar surface area (TPSA) is 61.6 Å². The Bertz CT molecular complexity index is 676. The van der Waals surface area contributed by atoms with Gasteiger partial charge in [-0.05, 0) is 30.3 Å². The Balaban J connectivity index is 2.36. The Morgan fingerprint density at radius 2 is 1.90 bits per heavy atom. The van der Waals surface area contributed by atoms with E-state index in [1.165, 1.54) is 19.2 Å². The smallest absolute Gasteiger partial charge is 0.314 e. The van der Waals surface area contributed by atoms with Crippen molar-refractivity contribution in [2.75, 3.05) is 7.11 Å². The quantitative estimate of drug-likeness (QED) is 0.450. The number of methoxy groups -OCH3 is 1. The molecule has 2 aromatic rings. The Kier molecular flexibility index (Phi) is 4.88. The zero-order valence-corrected chi connectivity index (χ0v) is 12.5. The molecule has 21 heavy (non-hydrogen) atoms. The molecule has 0 radical (unpaired) electrons. The molecule has 0 spiro atoms. The average Bonchev–Trinajstić information content (AvgIpc) is 2.48. The molecule has 0 unspecified atom stereocenters. The van der Waals surface area contributed by atoms with Crippen LogP contribution in [0.5, 0.6) is 17.2 Å². The molecule has 2 rings (SSSR count). The molecule has 0 aliphatic heterocycles. The highest BCUT2D eigenvalue weighted by molar-refractivity contribution is 6.30. The predicted molar refractivity (Wildman–Crippen MR) is 80.7 cm³/mol. The molecule has 0 heterocycles. The van der Waals surface area contributed by atoms with Crippen LogP contribution in [0, 0.1) is 10.1 Å². The standard InChI is InChI=1S/C14H11Cl2NO4/c1-20-14-5-3-11(7-12(14)17(18)19)21-13-4-2-10(16)6-9(13)8-15/h2-7H,8H2,1H3. The molecule has 0 bridgehead atoms. The lowest BCUT2D eigenvalue weighted by atomic mass is 10.2. The van der Waals surface area contributed by atoms with Crippen molar-refractivity contribution >= 4 is 28.9 Å². The van der Waals surface area contributed by atoms with Crippen LogP contribution in [0.3, 0.4) is 0 Å². The number of rotatable bonds is 5. The summed E-state index contributed by atoms with van der Waals surface area (Å²) in [4.78, 5) is 10.5. The first-order valence-corrected chi connectivity index (χ1v) is 6.81. The summed E-state index contributed by atoms with van der Waals surface area (Å²) in [5.41, 5.74) is 0.527. The maximum Gasteiger partial charge on any atom is 0.314 e. The summed E-state index contributed by atoms with van der Waals surface area (Å²) in [6, 6.07) is 9.36. The molecule has 0 N–H and O–H groups in total. The highest BCUT2D eigenvalue weighted by Crippen LogP contribution is 2.34. The molecule has 0 aromatic heterocycles. The second-order valence-electron chi connectivity index (χ2n) is 4.08. The molecule has 110 valence electrons. The SMILES string of the molecule is COc1ccc(Oc2ccc(Cl)cc2CCl)cc1[N+](=O)[O-]. The van der Waals surface area contributed by atoms with E-state index in [2.05, 4.69) is 0 Å². The van der Waals surface area contributed by atoms with Crippen LogP contribution in [0.4, 0.5) is 5.69 Å². The van der Waals surface area contributed by atoms with Gasteiger partial charge < -0.3 is 9.47 Å². The number of halogens is 2. The predicted octanol–water partition coefficient (Wildman–Crippen LogP) is 4.79. The van der Waals surface area contributed by atoms with E-state index in [4.69, 9.17) is 32.7 Å². The van der Waals surface area contributed by atoms with E-state index in [0.29, 0.717) is 22.1 Å². The summed E-state index contributed by atoms with van der Waals surface area (Å²) in [6.07, 6.45) is 0. The van der Waals surface area contributed by atoms with Gasteiger partial charge in [0.2, 0.25) is 0 Å². The number of benzene rings is 2. The Labute approximate surface area is 131 Å². The van der Waals surface area contributed by atoms with Crippen LogP contribution >= 0.6 is 23.2 Å². The van der Waals surface area contributed by atoms with Gasteiger partial charge in [0.25, 0.3) is 0 Å². The zero-order valence-electron chi connectivity index (χ0n) is 11.0. The summed E-state index contributed by atoms with van der Waals surface area (Å²) in [7, 11) is 1.37. The third kappa shape index (κ3) is 3.56. The fourth-order valence-electron chi connectivity index (χ4n) is 1.75. The fraction of sp³-hybridized carbons (Fsp3) is 0.143. The summed E-state index contributed by atoms with van der Waals surface area (Å²) in [5.74, 6) is 1.19. The molecule has 2 aromatic carbocycles. The first-order chi connectivity index (χ1) is 10.0. The number of hydrogen-bond donors (Lipinski definition) is 0. The fourth-order valence-corrected chi connectivity index (χ4v) is 2.16. The van der Waals surface area contributed by atoms with Crippen molar-refractivity contribution in [3.63, 3.8) is 0 Å². The van der Waals surface area contributed by atoms with E-state index in [1.807, 2.05) is 0 Å². The van der Waals surface area contributed by atoms with Crippen LogP contribution in [0.15, 0.2) is 36.4 Å². The number of alkyl halides is 1. The van der Waals surface area contributed by atoms with Crippen molar-refractivity contribution in [2.24, 2.45) is 0 Å². The van der Waals surface area contributed by atoms with Crippen molar-refractivity contribution in [1.82, 2.24) is 0 Å². The van der Waals surface area contributed by atoms with Crippen molar-refractivity contribution in [3.05, 3.63) is 57.1 Å². The van der Waals surface area contributed by atoms with Crippen LogP contribution in [-0.2, 0) is 5.88 Å². The summed E-state index contributed by atoms with van der Waals surface area (Å²) in [5, 5.41) is 11.5. The minimum Gasteiger partial charge on any atom is -0.490 e. The highest BCUT2D eigenvalue weighted by Gasteiger charge is 2.16. The lowest BCUT2D eigenvalue weighted by molar-refractivity contribution is -0.385. The second-order valence-corrected chi connectivity index (χ2v) is 4.78. The molecule has 0 fully saturated rings. The lowest BCUT2D eigenvalue weighted by Gasteiger charge is -2.10. The van der Waals surface area contributed by atoms with E-state index in [-0.39, 0.29) is 17.3 Å². The molecule has 0 saturated heterocycles. The minimum absolute atomic E-state index is 0.168. The number of nitro benzene ring substituents is 1. The number of ether oxygens (including phenoxy) is 2. The number of nitrogens with zero attached hydrogens (tertiary/aromatic N) is 1. The van der Waals surface area contributed by atoms with E-state index in [0.717, 1.165) is 0 Å². The van der Waals surface area contributed by atoms with Crippen molar-refractivity contribution < 1.29 is 14.4 Å². The van der Waals surface area contributed by atoms with Crippen molar-refractivity contribution in [1.29, 1.82) is 0 Å². The Morgan fingerprint density at radius 1 is 1.19 bits per heavy atom. The molecule has 0 aliphatic carbocycles. The second kappa shape index (κ2) is 6.65. The average molecular weight is 328 g/mol. The van der Waals surface area contributed by atoms with E-state index in [9.17, 15) is 10.1 Å². The van der Waals surface area contributed by atoms with Gasteiger partial charge in [-0.15, -0.1) is 11.6 Å². The maximum atomic E-state index is 11.0. The summed E-state index contributed by atoms with van der Waals surface area (Å²) >= 11 is 11.7. The normalized spacial score (nSPS) is 10.2. The van der Waals surface area contributed by atoms with Crippen LogP contribution in [-0.4, -0.2) is 12.0 Å². The molecule has 0 amide bonds. The highest BCUT2D eigenvalue weighted by atomic mass is 35.5. The molecule has 0 aliphatic rings. The van der Waals surface area contributed by atoms with E-state index < -0.39 is 4.92 Å². The van der Waals surface area contributed by atoms with Crippen LogP contribution < -0.4 is 9.47 Å². The van der Waals surface area contributed by atoms with Gasteiger partial charge in [-0.3, -0.25) is 10.1 Å². The van der Waals surface area contributed by atoms with Crippen LogP contribution in [0.25, 0.3) is 0 Å². The Morgan fingerprint density at radius 3 is 2.52 bits per heavy atom. The molecule has 0 saturated carbocycles. The van der Waals surface area contributed by atoms with Gasteiger partial charge in [0.15, 0.2) is 5.75 Å². The lowest BCUT2D eigenvalue weighted by Crippen LogP contribution is -1.95. The van der Waals surface area contributed by atoms with Gasteiger partial charge in [-0.1, -0.05) is 11.6 Å². The molecular formula is C14H11Cl2NO4. The van der Waals surface area contributed by atoms with E-state index in [1.54, 1.807) is 24.3 Å². The van der Waals surface area contributed by atoms with Crippen LogP contribution in [0.2, 0.25) is 5.02 Å². The van der Waals surface area contributed by atoms with Gasteiger partial charge in [-0.25, -0.2) is 0 Å². The van der Waals surface area contributed by atoms with E-state index >= 15 is 0 Å². The summed E-state index contributed by atoms with van der Waals surface area (Å²) < 4.78 is 10.6. The largest absolute Gasteiger partial charge is 0.490 e. The first-order valence-electron chi connectivity index (χ1n) is 5.90. The number of nitro groups is 1. The minimum atomic E-state index is -0.532. The Hall–Kier alpha value is -1.98. The molecule has 7 heteroatoms. The van der Waals surface area contributed by atoms with Crippen molar-refractivity contribution in [2.45, 2.75) is 5.88 Å². The van der Waals surface area contributed by atoms with Gasteiger partial charge in [-0.2, -0.15) is 0 Å². The molecular weight excluding hydrogens is 317 g/mol. The third-order valence-corrected chi connectivity index (χ3v) is 3.26. The van der Waals surface area contributed by atoms with Gasteiger partial charge in [0.1, 0.15) is 11.5 Å².